The average Bonchev–Trinajstić information content (AvgIpc) is 2.44. The molecule has 1 aliphatic heterocycles. The SMILES string of the molecule is CCOC(=O)/C(C)=C\Oc1ccc2c(c1)OCCO2. The molecule has 2 rings (SSSR count). The van der Waals surface area contributed by atoms with Crippen molar-refractivity contribution in [1.82, 2.24) is 0 Å². The van der Waals surface area contributed by atoms with E-state index in [2.05, 4.69) is 0 Å². The minimum absolute atomic E-state index is 0.341. The summed E-state index contributed by atoms with van der Waals surface area (Å²) < 4.78 is 21.1. The van der Waals surface area contributed by atoms with Crippen molar-refractivity contribution in [2.75, 3.05) is 19.8 Å². The van der Waals surface area contributed by atoms with Crippen LogP contribution in [-0.2, 0) is 9.53 Å². The maximum atomic E-state index is 11.4. The number of esters is 1. The van der Waals surface area contributed by atoms with Gasteiger partial charge in [0.1, 0.15) is 25.2 Å². The molecule has 0 saturated heterocycles. The maximum Gasteiger partial charge on any atom is 0.336 e. The molecule has 0 bridgehead atoms. The van der Waals surface area contributed by atoms with E-state index in [9.17, 15) is 4.79 Å². The lowest BCUT2D eigenvalue weighted by Gasteiger charge is -2.18. The van der Waals surface area contributed by atoms with Gasteiger partial charge < -0.3 is 18.9 Å². The third kappa shape index (κ3) is 3.40. The molecule has 0 aromatic heterocycles. The summed E-state index contributed by atoms with van der Waals surface area (Å²) in [5.41, 5.74) is 0.400. The van der Waals surface area contributed by atoms with Gasteiger partial charge in [0.2, 0.25) is 0 Å². The summed E-state index contributed by atoms with van der Waals surface area (Å²) in [6, 6.07) is 5.25. The number of ether oxygens (including phenoxy) is 4. The van der Waals surface area contributed by atoms with E-state index in [4.69, 9.17) is 18.9 Å². The Morgan fingerprint density at radius 2 is 2.05 bits per heavy atom. The van der Waals surface area contributed by atoms with Gasteiger partial charge in [-0.2, -0.15) is 0 Å². The molecular formula is C14H16O5. The number of benzene rings is 1. The van der Waals surface area contributed by atoms with Crippen LogP contribution in [0.2, 0.25) is 0 Å². The summed E-state index contributed by atoms with van der Waals surface area (Å²) in [7, 11) is 0. The van der Waals surface area contributed by atoms with Crippen LogP contribution in [0.1, 0.15) is 13.8 Å². The molecule has 0 N–H and O–H groups in total. The summed E-state index contributed by atoms with van der Waals surface area (Å²) in [6.45, 7) is 4.81. The Morgan fingerprint density at radius 3 is 2.79 bits per heavy atom. The van der Waals surface area contributed by atoms with Crippen LogP contribution in [0.4, 0.5) is 0 Å². The Kier molecular flexibility index (Phi) is 4.28. The lowest BCUT2D eigenvalue weighted by atomic mass is 10.3. The van der Waals surface area contributed by atoms with Gasteiger partial charge in [-0.05, 0) is 26.0 Å². The number of rotatable bonds is 4. The molecule has 1 aromatic carbocycles. The number of hydrogen-bond donors (Lipinski definition) is 0. The van der Waals surface area contributed by atoms with Crippen LogP contribution < -0.4 is 14.2 Å². The molecule has 1 aromatic rings. The lowest BCUT2D eigenvalue weighted by Crippen LogP contribution is -2.15. The van der Waals surface area contributed by atoms with E-state index in [1.54, 1.807) is 32.0 Å². The Balaban J connectivity index is 2.03. The number of carbonyl (C=O) groups is 1. The second-order valence-electron chi connectivity index (χ2n) is 3.94. The zero-order valence-electron chi connectivity index (χ0n) is 11.0. The van der Waals surface area contributed by atoms with Gasteiger partial charge >= 0.3 is 5.97 Å². The number of fused-ring (bicyclic) bond motifs is 1. The minimum Gasteiger partial charge on any atom is -0.486 e. The fourth-order valence-electron chi connectivity index (χ4n) is 1.55. The number of carbonyl (C=O) groups excluding carboxylic acids is 1. The predicted octanol–water partition coefficient (Wildman–Crippen LogP) is 2.30. The second kappa shape index (κ2) is 6.13. The molecule has 0 fully saturated rings. The largest absolute Gasteiger partial charge is 0.486 e. The van der Waals surface area contributed by atoms with Crippen molar-refractivity contribution in [2.45, 2.75) is 13.8 Å². The minimum atomic E-state index is -0.389. The molecule has 102 valence electrons. The summed E-state index contributed by atoms with van der Waals surface area (Å²) >= 11 is 0. The van der Waals surface area contributed by atoms with Crippen molar-refractivity contribution in [3.63, 3.8) is 0 Å². The first kappa shape index (κ1) is 13.3. The molecule has 0 amide bonds. The number of hydrogen-bond acceptors (Lipinski definition) is 5. The summed E-state index contributed by atoms with van der Waals surface area (Å²) in [6.07, 6.45) is 1.36. The van der Waals surface area contributed by atoms with Crippen LogP contribution >= 0.6 is 0 Å². The van der Waals surface area contributed by atoms with E-state index in [0.29, 0.717) is 42.6 Å². The van der Waals surface area contributed by atoms with Crippen LogP contribution in [0.5, 0.6) is 17.2 Å². The fraction of sp³-hybridized carbons (Fsp3) is 0.357. The predicted molar refractivity (Wildman–Crippen MR) is 68.5 cm³/mol. The highest BCUT2D eigenvalue weighted by molar-refractivity contribution is 5.87. The van der Waals surface area contributed by atoms with Gasteiger partial charge in [0, 0.05) is 6.07 Å². The first-order valence-corrected chi connectivity index (χ1v) is 6.11. The van der Waals surface area contributed by atoms with Gasteiger partial charge in [-0.3, -0.25) is 0 Å². The average molecular weight is 264 g/mol. The van der Waals surface area contributed by atoms with Gasteiger partial charge in [0.15, 0.2) is 11.5 Å². The smallest absolute Gasteiger partial charge is 0.336 e. The van der Waals surface area contributed by atoms with Crippen LogP contribution in [-0.4, -0.2) is 25.8 Å². The van der Waals surface area contributed by atoms with Crippen molar-refractivity contribution in [3.05, 3.63) is 30.0 Å². The van der Waals surface area contributed by atoms with Gasteiger partial charge in [-0.25, -0.2) is 4.79 Å². The molecule has 1 heterocycles. The highest BCUT2D eigenvalue weighted by Gasteiger charge is 2.12. The molecule has 0 atom stereocenters. The Morgan fingerprint density at radius 1 is 1.32 bits per heavy atom. The normalized spacial score (nSPS) is 13.9. The van der Waals surface area contributed by atoms with Crippen molar-refractivity contribution in [3.8, 4) is 17.2 Å². The van der Waals surface area contributed by atoms with E-state index in [1.165, 1.54) is 6.26 Å². The van der Waals surface area contributed by atoms with Gasteiger partial charge in [-0.15, -0.1) is 0 Å². The third-order valence-corrected chi connectivity index (χ3v) is 2.48. The molecular weight excluding hydrogens is 248 g/mol. The highest BCUT2D eigenvalue weighted by Crippen LogP contribution is 2.33. The molecule has 0 unspecified atom stereocenters. The first-order chi connectivity index (χ1) is 9.20. The molecule has 0 spiro atoms. The third-order valence-electron chi connectivity index (χ3n) is 2.48. The van der Waals surface area contributed by atoms with Crippen LogP contribution in [0.15, 0.2) is 30.0 Å². The van der Waals surface area contributed by atoms with E-state index in [0.717, 1.165) is 0 Å². The van der Waals surface area contributed by atoms with E-state index < -0.39 is 0 Å². The summed E-state index contributed by atoms with van der Waals surface area (Å²) in [5.74, 6) is 1.53. The summed E-state index contributed by atoms with van der Waals surface area (Å²) in [5, 5.41) is 0. The van der Waals surface area contributed by atoms with Crippen molar-refractivity contribution < 1.29 is 23.7 Å². The summed E-state index contributed by atoms with van der Waals surface area (Å²) in [4.78, 5) is 11.4. The molecule has 0 saturated carbocycles. The van der Waals surface area contributed by atoms with Crippen molar-refractivity contribution >= 4 is 5.97 Å². The van der Waals surface area contributed by atoms with Gasteiger partial charge in [0.25, 0.3) is 0 Å². The lowest BCUT2D eigenvalue weighted by molar-refractivity contribution is -0.138. The van der Waals surface area contributed by atoms with E-state index in [-0.39, 0.29) is 5.97 Å². The Bertz CT molecular complexity index is 493. The molecule has 0 aliphatic carbocycles. The fourth-order valence-corrected chi connectivity index (χ4v) is 1.55. The zero-order chi connectivity index (χ0) is 13.7. The van der Waals surface area contributed by atoms with Crippen LogP contribution in [0, 0.1) is 0 Å². The quantitative estimate of drug-likeness (QED) is 0.474. The van der Waals surface area contributed by atoms with Crippen molar-refractivity contribution in [1.29, 1.82) is 0 Å². The molecule has 0 radical (unpaired) electrons. The Labute approximate surface area is 111 Å². The van der Waals surface area contributed by atoms with Gasteiger partial charge in [-0.1, -0.05) is 0 Å². The molecule has 5 heteroatoms. The monoisotopic (exact) mass is 264 g/mol. The zero-order valence-corrected chi connectivity index (χ0v) is 11.0. The second-order valence-corrected chi connectivity index (χ2v) is 3.94. The van der Waals surface area contributed by atoms with E-state index in [1.807, 2.05) is 0 Å². The molecule has 5 nitrogen and oxygen atoms in total. The van der Waals surface area contributed by atoms with E-state index >= 15 is 0 Å². The molecule has 1 aliphatic rings. The first-order valence-electron chi connectivity index (χ1n) is 6.11. The van der Waals surface area contributed by atoms with Crippen molar-refractivity contribution in [2.24, 2.45) is 0 Å². The molecule has 19 heavy (non-hydrogen) atoms. The maximum absolute atomic E-state index is 11.4. The Hall–Kier alpha value is -2.17. The van der Waals surface area contributed by atoms with Gasteiger partial charge in [0.05, 0.1) is 12.2 Å². The highest BCUT2D eigenvalue weighted by atomic mass is 16.6. The van der Waals surface area contributed by atoms with Crippen LogP contribution in [0.3, 0.4) is 0 Å². The van der Waals surface area contributed by atoms with Crippen LogP contribution in [0.25, 0.3) is 0 Å². The topological polar surface area (TPSA) is 54.0 Å². The standard InChI is InChI=1S/C14H16O5/c1-3-16-14(15)10(2)9-19-11-4-5-12-13(8-11)18-7-6-17-12/h4-5,8-9H,3,6-7H2,1-2H3/b10-9-.